The number of phosphoric acid groups is 1. The van der Waals surface area contributed by atoms with Gasteiger partial charge in [-0.1, -0.05) is 5.92 Å². The number of phosphoric ester groups is 1. The van der Waals surface area contributed by atoms with E-state index in [2.05, 4.69) is 5.92 Å². The second kappa shape index (κ2) is 8.61. The molecule has 3 aliphatic heterocycles. The zero-order valence-electron chi connectivity index (χ0n) is 16.9. The number of terminal acetylenes is 1. The maximum Gasteiger partial charge on any atom is 0.475 e. The van der Waals surface area contributed by atoms with Gasteiger partial charge in [-0.25, -0.2) is 4.57 Å². The molecule has 2 fully saturated rings. The average molecular weight is 441 g/mol. The number of ketones is 1. The first-order valence-electron chi connectivity index (χ1n) is 9.50. The SMILES string of the molecule is C#C[C@]1(C)[C@@H]2O[P@](=O)(OCCC(=O)OC(C)C)OC[C@H]2O[C@H]1N1C=CC(=O)CC1=O. The Labute approximate surface area is 174 Å². The molecule has 0 aromatic rings. The maximum atomic E-state index is 12.9. The van der Waals surface area contributed by atoms with Crippen LogP contribution in [0.1, 0.15) is 33.6 Å². The van der Waals surface area contributed by atoms with E-state index in [1.165, 1.54) is 17.2 Å². The number of carbonyl (C=O) groups excluding carboxylic acids is 3. The van der Waals surface area contributed by atoms with Gasteiger partial charge in [-0.15, -0.1) is 6.42 Å². The molecule has 11 heteroatoms. The Bertz CT molecular complexity index is 847. The van der Waals surface area contributed by atoms with E-state index in [1.54, 1.807) is 20.8 Å². The fraction of sp³-hybridized carbons (Fsp3) is 0.632. The molecule has 5 atom stereocenters. The third-order valence-electron chi connectivity index (χ3n) is 4.91. The Morgan fingerprint density at radius 3 is 2.83 bits per heavy atom. The van der Waals surface area contributed by atoms with Gasteiger partial charge in [-0.3, -0.25) is 32.9 Å². The normalized spacial score (nSPS) is 36.0. The van der Waals surface area contributed by atoms with Crippen LogP contribution in [0.2, 0.25) is 0 Å². The van der Waals surface area contributed by atoms with Gasteiger partial charge in [0.1, 0.15) is 17.6 Å². The first-order valence-corrected chi connectivity index (χ1v) is 11.0. The smallest absolute Gasteiger partial charge is 0.463 e. The van der Waals surface area contributed by atoms with Crippen molar-refractivity contribution < 1.29 is 42.0 Å². The second-order valence-electron chi connectivity index (χ2n) is 7.60. The third-order valence-corrected chi connectivity index (χ3v) is 6.36. The first kappa shape index (κ1) is 22.7. The lowest BCUT2D eigenvalue weighted by Crippen LogP contribution is -2.49. The summed E-state index contributed by atoms with van der Waals surface area (Å²) in [5, 5.41) is 0. The Morgan fingerprint density at radius 1 is 1.47 bits per heavy atom. The van der Waals surface area contributed by atoms with Gasteiger partial charge in [0.2, 0.25) is 5.91 Å². The van der Waals surface area contributed by atoms with Gasteiger partial charge in [0.15, 0.2) is 12.0 Å². The minimum atomic E-state index is -4.02. The van der Waals surface area contributed by atoms with Crippen molar-refractivity contribution in [3.8, 4) is 12.3 Å². The van der Waals surface area contributed by atoms with Crippen molar-refractivity contribution in [1.82, 2.24) is 4.90 Å². The van der Waals surface area contributed by atoms with E-state index in [9.17, 15) is 18.9 Å². The fourth-order valence-electron chi connectivity index (χ4n) is 3.44. The summed E-state index contributed by atoms with van der Waals surface area (Å²) in [6.45, 7) is 4.69. The number of allylic oxidation sites excluding steroid dienone is 1. The quantitative estimate of drug-likeness (QED) is 0.262. The van der Waals surface area contributed by atoms with Gasteiger partial charge >= 0.3 is 13.8 Å². The average Bonchev–Trinajstić information content (AvgIpc) is 2.93. The number of hydrogen-bond acceptors (Lipinski definition) is 9. The summed E-state index contributed by atoms with van der Waals surface area (Å²) in [5.41, 5.74) is -1.19. The zero-order chi connectivity index (χ0) is 22.1. The summed E-state index contributed by atoms with van der Waals surface area (Å²) in [6.07, 6.45) is 5.10. The molecule has 0 unspecified atom stereocenters. The molecule has 10 nitrogen and oxygen atoms in total. The molecule has 3 rings (SSSR count). The molecular formula is C19H24NO9P. The molecule has 0 aromatic heterocycles. The predicted molar refractivity (Wildman–Crippen MR) is 101 cm³/mol. The van der Waals surface area contributed by atoms with Crippen molar-refractivity contribution >= 4 is 25.5 Å². The van der Waals surface area contributed by atoms with E-state index in [-0.39, 0.29) is 37.9 Å². The van der Waals surface area contributed by atoms with Crippen molar-refractivity contribution in [3.05, 3.63) is 12.3 Å². The van der Waals surface area contributed by atoms with Crippen molar-refractivity contribution in [3.63, 3.8) is 0 Å². The van der Waals surface area contributed by atoms with Crippen LogP contribution in [-0.4, -0.2) is 60.3 Å². The number of ether oxygens (including phenoxy) is 2. The molecule has 0 spiro atoms. The monoisotopic (exact) mass is 441 g/mol. The zero-order valence-corrected chi connectivity index (χ0v) is 17.8. The molecule has 30 heavy (non-hydrogen) atoms. The molecule has 0 aliphatic carbocycles. The molecule has 0 saturated carbocycles. The highest BCUT2D eigenvalue weighted by molar-refractivity contribution is 7.48. The molecule has 0 radical (unpaired) electrons. The van der Waals surface area contributed by atoms with E-state index in [0.29, 0.717) is 0 Å². The molecule has 1 amide bonds. The topological polar surface area (TPSA) is 118 Å². The summed E-state index contributed by atoms with van der Waals surface area (Å²) in [4.78, 5) is 36.6. The van der Waals surface area contributed by atoms with Crippen molar-refractivity contribution in [1.29, 1.82) is 0 Å². The van der Waals surface area contributed by atoms with Crippen LogP contribution in [0.3, 0.4) is 0 Å². The Kier molecular flexibility index (Phi) is 6.51. The molecule has 3 aliphatic rings. The highest BCUT2D eigenvalue weighted by Crippen LogP contribution is 2.59. The van der Waals surface area contributed by atoms with Gasteiger partial charge in [-0.2, -0.15) is 0 Å². The summed E-state index contributed by atoms with van der Waals surface area (Å²) in [7, 11) is -4.02. The Balaban J connectivity index is 1.70. The van der Waals surface area contributed by atoms with E-state index < -0.39 is 43.6 Å². The number of amides is 1. The van der Waals surface area contributed by atoms with Crippen LogP contribution in [0.5, 0.6) is 0 Å². The lowest BCUT2D eigenvalue weighted by molar-refractivity contribution is -0.149. The highest BCUT2D eigenvalue weighted by atomic mass is 31.2. The summed E-state index contributed by atoms with van der Waals surface area (Å²) < 4.78 is 39.9. The van der Waals surface area contributed by atoms with E-state index in [4.69, 9.17) is 29.5 Å². The molecule has 0 N–H and O–H groups in total. The van der Waals surface area contributed by atoms with E-state index in [0.717, 1.165) is 0 Å². The predicted octanol–water partition coefficient (Wildman–Crippen LogP) is 1.55. The van der Waals surface area contributed by atoms with Crippen LogP contribution < -0.4 is 0 Å². The van der Waals surface area contributed by atoms with Crippen molar-refractivity contribution in [2.75, 3.05) is 13.2 Å². The standard InChI is InChI=1S/C19H24NO9P/c1-5-19(4)17-14(28-18(19)20-8-6-13(21)10-15(20)22)11-26-30(24,29-17)25-9-7-16(23)27-12(2)3/h1,6,8,12,14,17-18H,7,9-11H2,2-4H3/t14-,17-,18-,19-,30-/m1/s1. The van der Waals surface area contributed by atoms with E-state index >= 15 is 0 Å². The summed E-state index contributed by atoms with van der Waals surface area (Å²) in [6, 6.07) is 0. The van der Waals surface area contributed by atoms with Gasteiger partial charge in [0.05, 0.1) is 32.2 Å². The highest BCUT2D eigenvalue weighted by Gasteiger charge is 2.61. The largest absolute Gasteiger partial charge is 0.475 e. The van der Waals surface area contributed by atoms with Crippen LogP contribution in [0.4, 0.5) is 0 Å². The van der Waals surface area contributed by atoms with E-state index in [1.807, 2.05) is 0 Å². The number of fused-ring (bicyclic) bond motifs is 1. The molecule has 164 valence electrons. The molecule has 2 saturated heterocycles. The molecular weight excluding hydrogens is 417 g/mol. The van der Waals surface area contributed by atoms with Crippen LogP contribution in [0, 0.1) is 17.8 Å². The summed E-state index contributed by atoms with van der Waals surface area (Å²) in [5.74, 6) is 1.30. The number of hydrogen-bond donors (Lipinski definition) is 0. The van der Waals surface area contributed by atoms with Gasteiger partial charge in [-0.05, 0) is 26.8 Å². The Hall–Kier alpha value is -2.02. The van der Waals surface area contributed by atoms with Crippen LogP contribution in [0.25, 0.3) is 0 Å². The maximum absolute atomic E-state index is 12.9. The Morgan fingerprint density at radius 2 is 2.20 bits per heavy atom. The number of carbonyl (C=O) groups is 3. The minimum Gasteiger partial charge on any atom is -0.463 e. The number of nitrogens with zero attached hydrogens (tertiary/aromatic N) is 1. The van der Waals surface area contributed by atoms with Crippen molar-refractivity contribution in [2.45, 2.75) is 58.2 Å². The van der Waals surface area contributed by atoms with Crippen molar-refractivity contribution in [2.24, 2.45) is 5.41 Å². The number of rotatable bonds is 6. The van der Waals surface area contributed by atoms with Crippen LogP contribution in [0.15, 0.2) is 12.3 Å². The fourth-order valence-corrected chi connectivity index (χ4v) is 4.91. The lowest BCUT2D eigenvalue weighted by Gasteiger charge is -2.37. The van der Waals surface area contributed by atoms with Crippen LogP contribution in [-0.2, 0) is 42.0 Å². The molecule has 0 aromatic carbocycles. The van der Waals surface area contributed by atoms with Gasteiger partial charge < -0.3 is 9.47 Å². The second-order valence-corrected chi connectivity index (χ2v) is 9.23. The lowest BCUT2D eigenvalue weighted by atomic mass is 9.82. The summed E-state index contributed by atoms with van der Waals surface area (Å²) >= 11 is 0. The van der Waals surface area contributed by atoms with Gasteiger partial charge in [0, 0.05) is 6.20 Å². The number of esters is 1. The minimum absolute atomic E-state index is 0.129. The van der Waals surface area contributed by atoms with Gasteiger partial charge in [0.25, 0.3) is 0 Å². The van der Waals surface area contributed by atoms with Crippen LogP contribution >= 0.6 is 7.82 Å². The molecule has 3 heterocycles. The first-order chi connectivity index (χ1) is 14.1. The molecule has 0 bridgehead atoms. The third kappa shape index (κ3) is 4.51.